The van der Waals surface area contributed by atoms with Gasteiger partial charge in [-0.25, -0.2) is 4.39 Å². The Balaban J connectivity index is 1.79. The molecular weight excluding hydrogens is 331 g/mol. The zero-order valence-electron chi connectivity index (χ0n) is 15.1. The van der Waals surface area contributed by atoms with Crippen LogP contribution in [0.1, 0.15) is 31.4 Å². The van der Waals surface area contributed by atoms with Crippen LogP contribution >= 0.6 is 0 Å². The summed E-state index contributed by atoms with van der Waals surface area (Å²) in [5.74, 6) is -1.00. The number of aryl methyl sites for hydroxylation is 2. The number of rotatable bonds is 5. The first kappa shape index (κ1) is 18.1. The second-order valence-electron chi connectivity index (χ2n) is 6.53. The monoisotopic (exact) mass is 354 g/mol. The van der Waals surface area contributed by atoms with E-state index < -0.39 is 5.92 Å². The Labute approximate surface area is 153 Å². The minimum absolute atomic E-state index is 0.0279. The summed E-state index contributed by atoms with van der Waals surface area (Å²) in [7, 11) is 0. The molecule has 1 aliphatic rings. The Kier molecular flexibility index (Phi) is 5.35. The van der Waals surface area contributed by atoms with E-state index in [2.05, 4.69) is 19.2 Å². The number of nitrogens with one attached hydrogen (secondary N) is 1. The van der Waals surface area contributed by atoms with Crippen LogP contribution in [0.15, 0.2) is 42.5 Å². The minimum Gasteiger partial charge on any atom is -0.326 e. The van der Waals surface area contributed by atoms with E-state index in [0.717, 1.165) is 29.7 Å². The number of hydrogen-bond acceptors (Lipinski definition) is 2. The number of anilines is 2. The lowest BCUT2D eigenvalue weighted by atomic mass is 10.0. The summed E-state index contributed by atoms with van der Waals surface area (Å²) < 4.78 is 13.0. The summed E-state index contributed by atoms with van der Waals surface area (Å²) in [6.07, 6.45) is 1.85. The largest absolute Gasteiger partial charge is 0.326 e. The van der Waals surface area contributed by atoms with Gasteiger partial charge in [0.2, 0.25) is 11.8 Å². The van der Waals surface area contributed by atoms with Crippen molar-refractivity contribution in [2.45, 2.75) is 33.1 Å². The van der Waals surface area contributed by atoms with Crippen LogP contribution in [0.25, 0.3) is 0 Å². The highest BCUT2D eigenvalue weighted by molar-refractivity contribution is 6.04. The van der Waals surface area contributed by atoms with Crippen LogP contribution in [-0.2, 0) is 22.4 Å². The molecule has 2 aromatic rings. The molecule has 2 aromatic carbocycles. The molecule has 5 heteroatoms. The molecule has 4 nitrogen and oxygen atoms in total. The number of halogens is 1. The van der Waals surface area contributed by atoms with Crippen LogP contribution in [-0.4, -0.2) is 18.4 Å². The molecule has 1 N–H and O–H groups in total. The summed E-state index contributed by atoms with van der Waals surface area (Å²) in [5.41, 5.74) is 3.74. The van der Waals surface area contributed by atoms with Crippen molar-refractivity contribution in [3.8, 4) is 0 Å². The third-order valence-corrected chi connectivity index (χ3v) is 4.84. The molecule has 0 bridgehead atoms. The van der Waals surface area contributed by atoms with E-state index in [9.17, 15) is 14.0 Å². The van der Waals surface area contributed by atoms with E-state index in [0.29, 0.717) is 12.2 Å². The first-order valence-corrected chi connectivity index (χ1v) is 9.01. The molecule has 0 radical (unpaired) electrons. The van der Waals surface area contributed by atoms with E-state index in [1.54, 1.807) is 4.90 Å². The van der Waals surface area contributed by atoms with E-state index in [1.807, 2.05) is 18.2 Å². The molecule has 1 saturated heterocycles. The third kappa shape index (κ3) is 3.62. The number of hydrogen-bond donors (Lipinski definition) is 1. The topological polar surface area (TPSA) is 49.4 Å². The molecule has 136 valence electrons. The highest BCUT2D eigenvalue weighted by atomic mass is 19.1. The molecule has 0 spiro atoms. The summed E-state index contributed by atoms with van der Waals surface area (Å²) in [4.78, 5) is 26.9. The molecule has 2 amide bonds. The Bertz CT molecular complexity index is 795. The summed E-state index contributed by atoms with van der Waals surface area (Å²) in [6, 6.07) is 11.7. The van der Waals surface area contributed by atoms with Gasteiger partial charge < -0.3 is 10.2 Å². The normalized spacial score (nSPS) is 16.8. The Morgan fingerprint density at radius 2 is 1.73 bits per heavy atom. The van der Waals surface area contributed by atoms with Crippen molar-refractivity contribution in [3.05, 3.63) is 59.4 Å². The van der Waals surface area contributed by atoms with Gasteiger partial charge in [0.05, 0.1) is 5.92 Å². The maximum atomic E-state index is 13.0. The fourth-order valence-corrected chi connectivity index (χ4v) is 3.44. The first-order chi connectivity index (χ1) is 12.5. The van der Waals surface area contributed by atoms with E-state index >= 15 is 0 Å². The Morgan fingerprint density at radius 1 is 1.12 bits per heavy atom. The molecule has 0 saturated carbocycles. The number of nitrogens with zero attached hydrogens (tertiary/aromatic N) is 1. The predicted octanol–water partition coefficient (Wildman–Crippen LogP) is 3.94. The van der Waals surface area contributed by atoms with Crippen LogP contribution in [0, 0.1) is 11.7 Å². The van der Waals surface area contributed by atoms with Gasteiger partial charge in [-0.05, 0) is 48.2 Å². The minimum atomic E-state index is -0.415. The van der Waals surface area contributed by atoms with Crippen molar-refractivity contribution >= 4 is 23.2 Å². The highest BCUT2D eigenvalue weighted by Gasteiger charge is 2.36. The molecule has 0 aliphatic carbocycles. The van der Waals surface area contributed by atoms with Crippen molar-refractivity contribution in [2.24, 2.45) is 5.92 Å². The zero-order chi connectivity index (χ0) is 18.7. The van der Waals surface area contributed by atoms with Crippen molar-refractivity contribution in [3.63, 3.8) is 0 Å². The fraction of sp³-hybridized carbons (Fsp3) is 0.333. The van der Waals surface area contributed by atoms with E-state index in [4.69, 9.17) is 0 Å². The maximum Gasteiger partial charge on any atom is 0.229 e. The lowest BCUT2D eigenvalue weighted by Gasteiger charge is -2.23. The van der Waals surface area contributed by atoms with Crippen LogP contribution in [0.2, 0.25) is 0 Å². The van der Waals surface area contributed by atoms with Gasteiger partial charge in [-0.1, -0.05) is 32.0 Å². The molecule has 0 aromatic heterocycles. The fourth-order valence-electron chi connectivity index (χ4n) is 3.44. The Hall–Kier alpha value is -2.69. The summed E-state index contributed by atoms with van der Waals surface area (Å²) in [5, 5.41) is 2.78. The molecule has 1 atom stereocenters. The molecule has 1 heterocycles. The quantitative estimate of drug-likeness (QED) is 0.884. The molecular formula is C21H23FN2O2. The molecule has 3 rings (SSSR count). The van der Waals surface area contributed by atoms with Crippen LogP contribution in [0.5, 0.6) is 0 Å². The third-order valence-electron chi connectivity index (χ3n) is 4.84. The smallest absolute Gasteiger partial charge is 0.229 e. The standard InChI is InChI=1S/C21H23FN2O2/c1-3-14-6-5-7-15(4-2)20(14)24-13-16(12-19(24)25)21(26)23-18-10-8-17(22)9-11-18/h5-11,16H,3-4,12-13H2,1-2H3,(H,23,26). The molecule has 1 unspecified atom stereocenters. The van der Waals surface area contributed by atoms with Gasteiger partial charge in [0.1, 0.15) is 5.82 Å². The lowest BCUT2D eigenvalue weighted by molar-refractivity contribution is -0.122. The lowest BCUT2D eigenvalue weighted by Crippen LogP contribution is -2.29. The SMILES string of the molecule is CCc1cccc(CC)c1N1CC(C(=O)Nc2ccc(F)cc2)CC1=O. The van der Waals surface area contributed by atoms with E-state index in [-0.39, 0.29) is 24.1 Å². The Morgan fingerprint density at radius 3 is 2.31 bits per heavy atom. The van der Waals surface area contributed by atoms with Gasteiger partial charge in [-0.3, -0.25) is 9.59 Å². The number of para-hydroxylation sites is 1. The maximum absolute atomic E-state index is 13.0. The number of benzene rings is 2. The van der Waals surface area contributed by atoms with Gasteiger partial charge >= 0.3 is 0 Å². The van der Waals surface area contributed by atoms with Crippen molar-refractivity contribution in [1.82, 2.24) is 0 Å². The number of carbonyl (C=O) groups is 2. The molecule has 1 fully saturated rings. The average molecular weight is 354 g/mol. The summed E-state index contributed by atoms with van der Waals surface area (Å²) >= 11 is 0. The van der Waals surface area contributed by atoms with Crippen LogP contribution in [0.3, 0.4) is 0 Å². The van der Waals surface area contributed by atoms with Gasteiger partial charge in [0.15, 0.2) is 0 Å². The number of amides is 2. The van der Waals surface area contributed by atoms with Gasteiger partial charge in [-0.2, -0.15) is 0 Å². The predicted molar refractivity (Wildman–Crippen MR) is 101 cm³/mol. The van der Waals surface area contributed by atoms with Gasteiger partial charge in [0, 0.05) is 24.3 Å². The zero-order valence-corrected chi connectivity index (χ0v) is 15.1. The van der Waals surface area contributed by atoms with Gasteiger partial charge in [0.25, 0.3) is 0 Å². The van der Waals surface area contributed by atoms with E-state index in [1.165, 1.54) is 24.3 Å². The van der Waals surface area contributed by atoms with Crippen molar-refractivity contribution in [1.29, 1.82) is 0 Å². The number of carbonyl (C=O) groups excluding carboxylic acids is 2. The first-order valence-electron chi connectivity index (χ1n) is 9.01. The van der Waals surface area contributed by atoms with Crippen LogP contribution < -0.4 is 10.2 Å². The average Bonchev–Trinajstić information content (AvgIpc) is 3.04. The van der Waals surface area contributed by atoms with Crippen LogP contribution in [0.4, 0.5) is 15.8 Å². The van der Waals surface area contributed by atoms with Gasteiger partial charge in [-0.15, -0.1) is 0 Å². The van der Waals surface area contributed by atoms with Crippen molar-refractivity contribution < 1.29 is 14.0 Å². The summed E-state index contributed by atoms with van der Waals surface area (Å²) in [6.45, 7) is 4.50. The molecule has 1 aliphatic heterocycles. The second kappa shape index (κ2) is 7.68. The second-order valence-corrected chi connectivity index (χ2v) is 6.53. The van der Waals surface area contributed by atoms with Crippen molar-refractivity contribution in [2.75, 3.05) is 16.8 Å². The highest BCUT2D eigenvalue weighted by Crippen LogP contribution is 2.32. The molecule has 26 heavy (non-hydrogen) atoms.